The van der Waals surface area contributed by atoms with Gasteiger partial charge >= 0.3 is 5.97 Å². The standard InChI is InChI=1S/C18H22Cl2N2O4/c1-10(2)17(18(25)26)21-15(23)8-13-4-6-16(24)22(13)9-11-7-12(19)3-5-14(11)20/h3,5,7,10,13,17H,4,6,8-9H2,1-2H3,(H,21,23)(H,25,26)/t13-,17-/m0/s1. The lowest BCUT2D eigenvalue weighted by Gasteiger charge is -2.26. The zero-order valence-corrected chi connectivity index (χ0v) is 16.2. The summed E-state index contributed by atoms with van der Waals surface area (Å²) in [6.45, 7) is 3.72. The van der Waals surface area contributed by atoms with Gasteiger partial charge in [0.2, 0.25) is 11.8 Å². The molecule has 0 aromatic heterocycles. The van der Waals surface area contributed by atoms with Crippen LogP contribution in [0.15, 0.2) is 18.2 Å². The minimum Gasteiger partial charge on any atom is -0.480 e. The van der Waals surface area contributed by atoms with Crippen molar-refractivity contribution in [1.29, 1.82) is 0 Å². The number of carboxylic acid groups (broad SMARTS) is 1. The highest BCUT2D eigenvalue weighted by Gasteiger charge is 2.34. The summed E-state index contributed by atoms with van der Waals surface area (Å²) in [5, 5.41) is 12.8. The van der Waals surface area contributed by atoms with Gasteiger partial charge in [-0.15, -0.1) is 0 Å². The zero-order chi connectivity index (χ0) is 19.4. The molecule has 6 nitrogen and oxygen atoms in total. The van der Waals surface area contributed by atoms with E-state index in [1.807, 2.05) is 0 Å². The van der Waals surface area contributed by atoms with Gasteiger partial charge in [-0.2, -0.15) is 0 Å². The van der Waals surface area contributed by atoms with Gasteiger partial charge in [0, 0.05) is 35.5 Å². The first-order valence-electron chi connectivity index (χ1n) is 8.44. The van der Waals surface area contributed by atoms with Gasteiger partial charge in [0.1, 0.15) is 6.04 Å². The maximum absolute atomic E-state index is 12.3. The molecule has 0 unspecified atom stereocenters. The fourth-order valence-electron chi connectivity index (χ4n) is 3.03. The number of benzene rings is 1. The lowest BCUT2D eigenvalue weighted by Crippen LogP contribution is -2.46. The Hall–Kier alpha value is -1.79. The molecular weight excluding hydrogens is 379 g/mol. The highest BCUT2D eigenvalue weighted by atomic mass is 35.5. The number of hydrogen-bond donors (Lipinski definition) is 2. The Morgan fingerprint density at radius 3 is 2.65 bits per heavy atom. The van der Waals surface area contributed by atoms with Crippen LogP contribution in [0.25, 0.3) is 0 Å². The molecule has 1 fully saturated rings. The van der Waals surface area contributed by atoms with Crippen LogP contribution < -0.4 is 5.32 Å². The van der Waals surface area contributed by atoms with E-state index in [0.29, 0.717) is 28.5 Å². The minimum atomic E-state index is -1.07. The molecular formula is C18H22Cl2N2O4. The predicted octanol–water partition coefficient (Wildman–Crippen LogP) is 3.10. The fourth-order valence-corrected chi connectivity index (χ4v) is 3.40. The Morgan fingerprint density at radius 1 is 1.35 bits per heavy atom. The molecule has 0 radical (unpaired) electrons. The highest BCUT2D eigenvalue weighted by molar-refractivity contribution is 6.33. The summed E-state index contributed by atoms with van der Waals surface area (Å²) in [7, 11) is 0. The maximum Gasteiger partial charge on any atom is 0.326 e. The molecule has 2 amide bonds. The molecule has 0 saturated carbocycles. The van der Waals surface area contributed by atoms with Crippen molar-refractivity contribution in [2.24, 2.45) is 5.92 Å². The topological polar surface area (TPSA) is 86.7 Å². The average Bonchev–Trinajstić information content (AvgIpc) is 2.88. The molecule has 1 heterocycles. The van der Waals surface area contributed by atoms with E-state index in [4.69, 9.17) is 23.2 Å². The van der Waals surface area contributed by atoms with Crippen LogP contribution in [-0.4, -0.2) is 39.9 Å². The van der Waals surface area contributed by atoms with Crippen LogP contribution in [0.2, 0.25) is 10.0 Å². The number of carbonyl (C=O) groups is 3. The summed E-state index contributed by atoms with van der Waals surface area (Å²) >= 11 is 12.2. The quantitative estimate of drug-likeness (QED) is 0.735. The van der Waals surface area contributed by atoms with E-state index < -0.39 is 12.0 Å². The number of rotatable bonds is 7. The monoisotopic (exact) mass is 400 g/mol. The van der Waals surface area contributed by atoms with Gasteiger partial charge in [0.25, 0.3) is 0 Å². The lowest BCUT2D eigenvalue weighted by molar-refractivity contribution is -0.143. The molecule has 2 atom stereocenters. The molecule has 0 aliphatic carbocycles. The number of halogens is 2. The second-order valence-electron chi connectivity index (χ2n) is 6.78. The molecule has 0 bridgehead atoms. The third kappa shape index (κ3) is 5.11. The number of amides is 2. The van der Waals surface area contributed by atoms with Gasteiger partial charge in [-0.1, -0.05) is 37.0 Å². The second-order valence-corrected chi connectivity index (χ2v) is 7.63. The number of carbonyl (C=O) groups excluding carboxylic acids is 2. The van der Waals surface area contributed by atoms with Gasteiger partial charge < -0.3 is 15.3 Å². The number of aliphatic carboxylic acids is 1. The van der Waals surface area contributed by atoms with Crippen molar-refractivity contribution in [1.82, 2.24) is 10.2 Å². The third-order valence-corrected chi connectivity index (χ3v) is 5.08. The molecule has 2 rings (SSSR count). The SMILES string of the molecule is CC(C)[C@H](NC(=O)C[C@@H]1CCC(=O)N1Cc1cc(Cl)ccc1Cl)C(=O)O. The van der Waals surface area contributed by atoms with Crippen LogP contribution in [-0.2, 0) is 20.9 Å². The summed E-state index contributed by atoms with van der Waals surface area (Å²) < 4.78 is 0. The molecule has 1 saturated heterocycles. The van der Waals surface area contributed by atoms with Crippen molar-refractivity contribution in [3.63, 3.8) is 0 Å². The number of carboxylic acids is 1. The van der Waals surface area contributed by atoms with Crippen molar-refractivity contribution < 1.29 is 19.5 Å². The Kier molecular flexibility index (Phi) is 6.89. The van der Waals surface area contributed by atoms with E-state index >= 15 is 0 Å². The first-order chi connectivity index (χ1) is 12.2. The van der Waals surface area contributed by atoms with Crippen LogP contribution in [0.1, 0.15) is 38.7 Å². The lowest BCUT2D eigenvalue weighted by atomic mass is 10.0. The molecule has 1 aromatic rings. The van der Waals surface area contributed by atoms with E-state index in [1.54, 1.807) is 36.9 Å². The first kappa shape index (κ1) is 20.5. The Morgan fingerprint density at radius 2 is 2.04 bits per heavy atom. The number of nitrogens with zero attached hydrogens (tertiary/aromatic N) is 1. The van der Waals surface area contributed by atoms with Crippen LogP contribution in [0.3, 0.4) is 0 Å². The summed E-state index contributed by atoms with van der Waals surface area (Å²) in [6, 6.07) is 3.80. The van der Waals surface area contributed by atoms with E-state index in [2.05, 4.69) is 5.32 Å². The molecule has 2 N–H and O–H groups in total. The molecule has 1 aromatic carbocycles. The van der Waals surface area contributed by atoms with Gasteiger partial charge in [-0.25, -0.2) is 4.79 Å². The number of likely N-dealkylation sites (tertiary alicyclic amines) is 1. The number of nitrogens with one attached hydrogen (secondary N) is 1. The van der Waals surface area contributed by atoms with Gasteiger partial charge in [-0.05, 0) is 36.1 Å². The van der Waals surface area contributed by atoms with Crippen LogP contribution >= 0.6 is 23.2 Å². The molecule has 26 heavy (non-hydrogen) atoms. The second kappa shape index (κ2) is 8.73. The summed E-state index contributed by atoms with van der Waals surface area (Å²) in [5.41, 5.74) is 0.713. The highest BCUT2D eigenvalue weighted by Crippen LogP contribution is 2.28. The van der Waals surface area contributed by atoms with Crippen molar-refractivity contribution >= 4 is 41.0 Å². The van der Waals surface area contributed by atoms with Crippen molar-refractivity contribution in [3.05, 3.63) is 33.8 Å². The first-order valence-corrected chi connectivity index (χ1v) is 9.20. The summed E-state index contributed by atoms with van der Waals surface area (Å²) in [4.78, 5) is 37.4. The minimum absolute atomic E-state index is 0.0560. The predicted molar refractivity (Wildman–Crippen MR) is 99.1 cm³/mol. The van der Waals surface area contributed by atoms with Crippen LogP contribution in [0.4, 0.5) is 0 Å². The smallest absolute Gasteiger partial charge is 0.326 e. The third-order valence-electron chi connectivity index (χ3n) is 4.47. The fraction of sp³-hybridized carbons (Fsp3) is 0.500. The maximum atomic E-state index is 12.3. The average molecular weight is 401 g/mol. The summed E-state index contributed by atoms with van der Waals surface area (Å²) in [6.07, 6.45) is 0.951. The largest absolute Gasteiger partial charge is 0.480 e. The van der Waals surface area contributed by atoms with Crippen molar-refractivity contribution in [2.45, 2.75) is 51.7 Å². The molecule has 8 heteroatoms. The zero-order valence-electron chi connectivity index (χ0n) is 14.7. The van der Waals surface area contributed by atoms with Crippen molar-refractivity contribution in [2.75, 3.05) is 0 Å². The van der Waals surface area contributed by atoms with Gasteiger partial charge in [0.15, 0.2) is 0 Å². The normalized spacial score (nSPS) is 18.3. The Balaban J connectivity index is 2.06. The van der Waals surface area contributed by atoms with Crippen LogP contribution in [0.5, 0.6) is 0 Å². The van der Waals surface area contributed by atoms with Gasteiger partial charge in [-0.3, -0.25) is 9.59 Å². The molecule has 1 aliphatic rings. The molecule has 1 aliphatic heterocycles. The molecule has 142 valence electrons. The Labute approximate surface area is 162 Å². The van der Waals surface area contributed by atoms with E-state index in [9.17, 15) is 19.5 Å². The molecule has 0 spiro atoms. The number of hydrogen-bond acceptors (Lipinski definition) is 3. The van der Waals surface area contributed by atoms with Crippen LogP contribution in [0, 0.1) is 5.92 Å². The van der Waals surface area contributed by atoms with E-state index in [1.165, 1.54) is 0 Å². The summed E-state index contributed by atoms with van der Waals surface area (Å²) in [5.74, 6) is -1.74. The Bertz CT molecular complexity index is 708. The van der Waals surface area contributed by atoms with E-state index in [0.717, 1.165) is 0 Å². The van der Waals surface area contributed by atoms with Crippen molar-refractivity contribution in [3.8, 4) is 0 Å². The van der Waals surface area contributed by atoms with E-state index in [-0.39, 0.29) is 36.7 Å². The van der Waals surface area contributed by atoms with Gasteiger partial charge in [0.05, 0.1) is 0 Å².